The molecule has 1 aromatic carbocycles. The van der Waals surface area contributed by atoms with Crippen molar-refractivity contribution in [3.05, 3.63) is 46.6 Å². The number of halogens is 1. The number of hydrogen-bond acceptors (Lipinski definition) is 4. The van der Waals surface area contributed by atoms with Crippen molar-refractivity contribution in [1.29, 1.82) is 0 Å². The summed E-state index contributed by atoms with van der Waals surface area (Å²) in [5.74, 6) is 1.46. The van der Waals surface area contributed by atoms with Gasteiger partial charge in [-0.05, 0) is 46.3 Å². The van der Waals surface area contributed by atoms with Crippen LogP contribution in [0.2, 0.25) is 0 Å². The van der Waals surface area contributed by atoms with Crippen molar-refractivity contribution in [2.45, 2.75) is 0 Å². The van der Waals surface area contributed by atoms with E-state index in [0.717, 1.165) is 15.9 Å². The molecule has 0 saturated heterocycles. The monoisotopic (exact) mass is 337 g/mol. The molecule has 2 rings (SSSR count). The van der Waals surface area contributed by atoms with Gasteiger partial charge in [-0.3, -0.25) is 0 Å². The number of nitrogens with two attached hydrogens (primary N) is 1. The van der Waals surface area contributed by atoms with Crippen molar-refractivity contribution in [3.8, 4) is 5.75 Å². The number of nitrogens with one attached hydrogen (secondary N) is 1. The van der Waals surface area contributed by atoms with E-state index in [-0.39, 0.29) is 4.99 Å². The third kappa shape index (κ3) is 3.42. The predicted molar refractivity (Wildman–Crippen MR) is 84.1 cm³/mol. The average molecular weight is 338 g/mol. The van der Waals surface area contributed by atoms with E-state index >= 15 is 0 Å². The molecule has 0 unspecified atom stereocenters. The van der Waals surface area contributed by atoms with Crippen molar-refractivity contribution in [2.75, 3.05) is 12.4 Å². The molecular weight excluding hydrogens is 326 g/mol. The summed E-state index contributed by atoms with van der Waals surface area (Å²) in [5, 5.41) is 3.18. The summed E-state index contributed by atoms with van der Waals surface area (Å²) < 4.78 is 6.04. The molecule has 2 aromatic rings. The SMILES string of the molecule is COc1ccc(Nc2cccc(C(N)=S)n2)cc1Br. The Morgan fingerprint density at radius 1 is 1.37 bits per heavy atom. The van der Waals surface area contributed by atoms with Crippen LogP contribution in [0.3, 0.4) is 0 Å². The summed E-state index contributed by atoms with van der Waals surface area (Å²) in [7, 11) is 1.63. The molecule has 0 spiro atoms. The number of pyridine rings is 1. The standard InChI is InChI=1S/C13H12BrN3OS/c1-18-11-6-5-8(7-9(11)14)16-12-4-2-3-10(17-12)13(15)19/h2-7H,1H3,(H2,15,19)(H,16,17). The Kier molecular flexibility index (Phi) is 4.34. The number of thiocarbonyl (C=S) groups is 1. The van der Waals surface area contributed by atoms with Gasteiger partial charge in [0.15, 0.2) is 0 Å². The lowest BCUT2D eigenvalue weighted by atomic mass is 10.3. The zero-order chi connectivity index (χ0) is 13.8. The normalized spacial score (nSPS) is 10.0. The van der Waals surface area contributed by atoms with E-state index < -0.39 is 0 Å². The fourth-order valence-corrected chi connectivity index (χ4v) is 2.19. The number of benzene rings is 1. The van der Waals surface area contributed by atoms with Crippen molar-refractivity contribution < 1.29 is 4.74 Å². The van der Waals surface area contributed by atoms with Crippen LogP contribution < -0.4 is 15.8 Å². The molecule has 0 amide bonds. The molecule has 6 heteroatoms. The Labute approximate surface area is 125 Å². The van der Waals surface area contributed by atoms with E-state index in [1.54, 1.807) is 13.2 Å². The predicted octanol–water partition coefficient (Wildman–Crippen LogP) is 3.23. The first-order valence-electron chi connectivity index (χ1n) is 5.47. The molecule has 98 valence electrons. The highest BCUT2D eigenvalue weighted by Crippen LogP contribution is 2.28. The smallest absolute Gasteiger partial charge is 0.133 e. The lowest BCUT2D eigenvalue weighted by molar-refractivity contribution is 0.412. The second-order valence-corrected chi connectivity index (χ2v) is 5.04. The molecule has 1 aromatic heterocycles. The summed E-state index contributed by atoms with van der Waals surface area (Å²) in [5.41, 5.74) is 7.03. The van der Waals surface area contributed by atoms with E-state index in [2.05, 4.69) is 26.2 Å². The van der Waals surface area contributed by atoms with Gasteiger partial charge in [0, 0.05) is 5.69 Å². The fraction of sp³-hybridized carbons (Fsp3) is 0.0769. The first-order chi connectivity index (χ1) is 9.10. The third-order valence-electron chi connectivity index (χ3n) is 2.43. The van der Waals surface area contributed by atoms with Gasteiger partial charge in [0.2, 0.25) is 0 Å². The number of methoxy groups -OCH3 is 1. The maximum atomic E-state index is 5.56. The summed E-state index contributed by atoms with van der Waals surface area (Å²) in [6.07, 6.45) is 0. The minimum absolute atomic E-state index is 0.277. The lowest BCUT2D eigenvalue weighted by Gasteiger charge is -2.09. The van der Waals surface area contributed by atoms with Crippen molar-refractivity contribution in [3.63, 3.8) is 0 Å². The van der Waals surface area contributed by atoms with Crippen LogP contribution in [0.15, 0.2) is 40.9 Å². The second-order valence-electron chi connectivity index (χ2n) is 3.75. The Morgan fingerprint density at radius 2 is 2.16 bits per heavy atom. The van der Waals surface area contributed by atoms with Crippen molar-refractivity contribution in [2.24, 2.45) is 5.73 Å². The topological polar surface area (TPSA) is 60.2 Å². The van der Waals surface area contributed by atoms with Crippen molar-refractivity contribution in [1.82, 2.24) is 4.98 Å². The fourth-order valence-electron chi connectivity index (χ4n) is 1.53. The maximum Gasteiger partial charge on any atom is 0.133 e. The molecule has 0 fully saturated rings. The lowest BCUT2D eigenvalue weighted by Crippen LogP contribution is -2.12. The molecule has 19 heavy (non-hydrogen) atoms. The Morgan fingerprint density at radius 3 is 2.79 bits per heavy atom. The van der Waals surface area contributed by atoms with E-state index in [0.29, 0.717) is 11.5 Å². The first kappa shape index (κ1) is 13.8. The van der Waals surface area contributed by atoms with E-state index in [1.807, 2.05) is 30.3 Å². The number of aromatic nitrogens is 1. The van der Waals surface area contributed by atoms with Crippen LogP contribution in [0, 0.1) is 0 Å². The number of nitrogens with zero attached hydrogens (tertiary/aromatic N) is 1. The third-order valence-corrected chi connectivity index (χ3v) is 3.25. The highest BCUT2D eigenvalue weighted by Gasteiger charge is 2.04. The zero-order valence-corrected chi connectivity index (χ0v) is 12.6. The molecular formula is C13H12BrN3OS. The highest BCUT2D eigenvalue weighted by molar-refractivity contribution is 9.10. The van der Waals surface area contributed by atoms with Gasteiger partial charge in [-0.1, -0.05) is 18.3 Å². The summed E-state index contributed by atoms with van der Waals surface area (Å²) >= 11 is 8.34. The van der Waals surface area contributed by atoms with Gasteiger partial charge in [-0.2, -0.15) is 0 Å². The number of ether oxygens (including phenoxy) is 1. The van der Waals surface area contributed by atoms with Gasteiger partial charge in [0.1, 0.15) is 16.6 Å². The van der Waals surface area contributed by atoms with Crippen molar-refractivity contribution >= 4 is 44.6 Å². The minimum Gasteiger partial charge on any atom is -0.496 e. The molecule has 0 bridgehead atoms. The van der Waals surface area contributed by atoms with Gasteiger partial charge in [-0.25, -0.2) is 4.98 Å². The van der Waals surface area contributed by atoms with E-state index in [1.165, 1.54) is 0 Å². The molecule has 0 aliphatic rings. The summed E-state index contributed by atoms with van der Waals surface area (Å²) in [4.78, 5) is 4.59. The molecule has 0 radical (unpaired) electrons. The Bertz CT molecular complexity index is 619. The largest absolute Gasteiger partial charge is 0.496 e. The van der Waals surface area contributed by atoms with Crippen LogP contribution in [0.5, 0.6) is 5.75 Å². The molecule has 3 N–H and O–H groups in total. The minimum atomic E-state index is 0.277. The molecule has 0 aliphatic heterocycles. The van der Waals surface area contributed by atoms with E-state index in [4.69, 9.17) is 22.7 Å². The van der Waals surface area contributed by atoms with Gasteiger partial charge in [0.25, 0.3) is 0 Å². The Balaban J connectivity index is 2.23. The van der Waals surface area contributed by atoms with Gasteiger partial charge < -0.3 is 15.8 Å². The van der Waals surface area contributed by atoms with E-state index in [9.17, 15) is 0 Å². The molecule has 0 saturated carbocycles. The van der Waals surface area contributed by atoms with Crippen LogP contribution in [0.1, 0.15) is 5.69 Å². The summed E-state index contributed by atoms with van der Waals surface area (Å²) in [6, 6.07) is 11.1. The highest BCUT2D eigenvalue weighted by atomic mass is 79.9. The van der Waals surface area contributed by atoms with Crippen LogP contribution >= 0.6 is 28.1 Å². The quantitative estimate of drug-likeness (QED) is 0.838. The molecule has 0 aliphatic carbocycles. The molecule has 4 nitrogen and oxygen atoms in total. The average Bonchev–Trinajstić information content (AvgIpc) is 2.39. The molecule has 1 heterocycles. The number of anilines is 2. The van der Waals surface area contributed by atoms with Gasteiger partial charge in [0.05, 0.1) is 17.3 Å². The number of hydrogen-bond donors (Lipinski definition) is 2. The van der Waals surface area contributed by atoms with Gasteiger partial charge in [-0.15, -0.1) is 0 Å². The maximum absolute atomic E-state index is 5.56. The zero-order valence-electron chi connectivity index (χ0n) is 10.2. The Hall–Kier alpha value is -1.66. The van der Waals surface area contributed by atoms with Gasteiger partial charge >= 0.3 is 0 Å². The summed E-state index contributed by atoms with van der Waals surface area (Å²) in [6.45, 7) is 0. The first-order valence-corrected chi connectivity index (χ1v) is 6.67. The van der Waals surface area contributed by atoms with Crippen LogP contribution in [-0.4, -0.2) is 17.1 Å². The van der Waals surface area contributed by atoms with Crippen LogP contribution in [0.25, 0.3) is 0 Å². The molecule has 0 atom stereocenters. The number of rotatable bonds is 4. The van der Waals surface area contributed by atoms with Crippen LogP contribution in [0.4, 0.5) is 11.5 Å². The van der Waals surface area contributed by atoms with Crippen LogP contribution in [-0.2, 0) is 0 Å². The second kappa shape index (κ2) is 5.99.